The molecule has 20 heavy (non-hydrogen) atoms. The maximum Gasteiger partial charge on any atom is 0.259 e. The third-order valence-electron chi connectivity index (χ3n) is 3.55. The van der Waals surface area contributed by atoms with Crippen molar-refractivity contribution < 1.29 is 0 Å². The Hall–Kier alpha value is -1.87. The molecule has 0 radical (unpaired) electrons. The molecular weight excluding hydrogens is 266 g/mol. The van der Waals surface area contributed by atoms with Crippen LogP contribution in [0.2, 0.25) is 0 Å². The van der Waals surface area contributed by atoms with E-state index in [1.165, 1.54) is 5.56 Å². The molecular formula is C17H17NOS. The van der Waals surface area contributed by atoms with Crippen LogP contribution < -0.4 is 5.56 Å². The van der Waals surface area contributed by atoms with Gasteiger partial charge in [0.05, 0.1) is 5.39 Å². The Kier molecular flexibility index (Phi) is 3.97. The molecule has 0 saturated heterocycles. The van der Waals surface area contributed by atoms with Gasteiger partial charge in [-0.25, -0.2) is 0 Å². The van der Waals surface area contributed by atoms with Crippen LogP contribution in [0.5, 0.6) is 0 Å². The SMILES string of the molecule is O=c1c2ccsc2ccn1CCCCc1ccccc1. The summed E-state index contributed by atoms with van der Waals surface area (Å²) in [7, 11) is 0. The Morgan fingerprint density at radius 1 is 1.00 bits per heavy atom. The predicted molar refractivity (Wildman–Crippen MR) is 85.5 cm³/mol. The molecule has 0 unspecified atom stereocenters. The highest BCUT2D eigenvalue weighted by atomic mass is 32.1. The second-order valence-electron chi connectivity index (χ2n) is 4.96. The topological polar surface area (TPSA) is 22.0 Å². The monoisotopic (exact) mass is 283 g/mol. The third-order valence-corrected chi connectivity index (χ3v) is 4.43. The Bertz CT molecular complexity index is 742. The molecule has 0 amide bonds. The van der Waals surface area contributed by atoms with Gasteiger partial charge in [-0.1, -0.05) is 30.3 Å². The largest absolute Gasteiger partial charge is 0.315 e. The van der Waals surface area contributed by atoms with E-state index in [1.54, 1.807) is 11.3 Å². The van der Waals surface area contributed by atoms with E-state index in [0.29, 0.717) is 0 Å². The fourth-order valence-corrected chi connectivity index (χ4v) is 3.21. The second kappa shape index (κ2) is 6.06. The van der Waals surface area contributed by atoms with Crippen LogP contribution >= 0.6 is 11.3 Å². The molecule has 0 spiro atoms. The minimum absolute atomic E-state index is 0.142. The van der Waals surface area contributed by atoms with Gasteiger partial charge in [0, 0.05) is 17.4 Å². The molecule has 0 atom stereocenters. The lowest BCUT2D eigenvalue weighted by Crippen LogP contribution is -2.18. The molecule has 0 bridgehead atoms. The van der Waals surface area contributed by atoms with Crippen LogP contribution in [0.1, 0.15) is 18.4 Å². The van der Waals surface area contributed by atoms with Crippen molar-refractivity contribution >= 4 is 21.4 Å². The molecule has 2 aromatic heterocycles. The lowest BCUT2D eigenvalue weighted by atomic mass is 10.1. The summed E-state index contributed by atoms with van der Waals surface area (Å²) in [5.41, 5.74) is 1.51. The maximum atomic E-state index is 12.2. The number of unbranched alkanes of at least 4 members (excludes halogenated alkanes) is 1. The minimum atomic E-state index is 0.142. The van der Waals surface area contributed by atoms with Gasteiger partial charge in [-0.3, -0.25) is 4.79 Å². The van der Waals surface area contributed by atoms with E-state index in [4.69, 9.17) is 0 Å². The summed E-state index contributed by atoms with van der Waals surface area (Å²) in [4.78, 5) is 12.2. The summed E-state index contributed by atoms with van der Waals surface area (Å²) in [6.07, 6.45) is 5.14. The Morgan fingerprint density at radius 2 is 1.85 bits per heavy atom. The van der Waals surface area contributed by atoms with E-state index < -0.39 is 0 Å². The molecule has 0 saturated carbocycles. The molecule has 0 N–H and O–H groups in total. The highest BCUT2D eigenvalue weighted by molar-refractivity contribution is 7.17. The second-order valence-corrected chi connectivity index (χ2v) is 5.90. The summed E-state index contributed by atoms with van der Waals surface area (Å²) < 4.78 is 2.91. The zero-order chi connectivity index (χ0) is 13.8. The van der Waals surface area contributed by atoms with Gasteiger partial charge in [0.15, 0.2) is 0 Å². The molecule has 0 aliphatic rings. The van der Waals surface area contributed by atoms with E-state index >= 15 is 0 Å². The fraction of sp³-hybridized carbons (Fsp3) is 0.235. The molecule has 0 aliphatic carbocycles. The van der Waals surface area contributed by atoms with Gasteiger partial charge < -0.3 is 4.57 Å². The maximum absolute atomic E-state index is 12.2. The molecule has 102 valence electrons. The number of aryl methyl sites for hydroxylation is 2. The number of fused-ring (bicyclic) bond motifs is 1. The van der Waals surface area contributed by atoms with Crippen LogP contribution in [0.25, 0.3) is 10.1 Å². The van der Waals surface area contributed by atoms with Crippen LogP contribution in [-0.2, 0) is 13.0 Å². The zero-order valence-electron chi connectivity index (χ0n) is 11.3. The normalized spacial score (nSPS) is 11.0. The molecule has 3 heteroatoms. The number of pyridine rings is 1. The first-order chi connectivity index (χ1) is 9.84. The number of hydrogen-bond donors (Lipinski definition) is 0. The predicted octanol–water partition coefficient (Wildman–Crippen LogP) is 4.09. The molecule has 1 aromatic carbocycles. The number of nitrogens with zero attached hydrogens (tertiary/aromatic N) is 1. The average molecular weight is 283 g/mol. The molecule has 0 fully saturated rings. The standard InChI is InChI=1S/C17H17NOS/c19-17-15-10-13-20-16(15)9-12-18(17)11-5-4-8-14-6-2-1-3-7-14/h1-3,6-7,9-10,12-13H,4-5,8,11H2. The van der Waals surface area contributed by atoms with Gasteiger partial charge in [0.2, 0.25) is 0 Å². The van der Waals surface area contributed by atoms with Crippen molar-refractivity contribution in [3.8, 4) is 0 Å². The molecule has 0 aliphatic heterocycles. The summed E-state index contributed by atoms with van der Waals surface area (Å²) in [6, 6.07) is 14.5. The number of aromatic nitrogens is 1. The van der Waals surface area contributed by atoms with Gasteiger partial charge in [0.25, 0.3) is 5.56 Å². The van der Waals surface area contributed by atoms with Crippen molar-refractivity contribution in [3.05, 3.63) is 70.0 Å². The van der Waals surface area contributed by atoms with Crippen molar-refractivity contribution in [2.45, 2.75) is 25.8 Å². The molecule has 2 heterocycles. The number of hydrogen-bond acceptors (Lipinski definition) is 2. The lowest BCUT2D eigenvalue weighted by Gasteiger charge is -2.06. The van der Waals surface area contributed by atoms with Gasteiger partial charge in [-0.05, 0) is 42.3 Å². The van der Waals surface area contributed by atoms with E-state index in [-0.39, 0.29) is 5.56 Å². The number of rotatable bonds is 5. The highest BCUT2D eigenvalue weighted by Gasteiger charge is 2.03. The Morgan fingerprint density at radius 3 is 2.70 bits per heavy atom. The van der Waals surface area contributed by atoms with Crippen molar-refractivity contribution in [1.82, 2.24) is 4.57 Å². The lowest BCUT2D eigenvalue weighted by molar-refractivity contribution is 0.597. The fourth-order valence-electron chi connectivity index (χ4n) is 2.44. The Balaban J connectivity index is 1.60. The number of benzene rings is 1. The number of thiophene rings is 1. The van der Waals surface area contributed by atoms with Gasteiger partial charge in [0.1, 0.15) is 0 Å². The van der Waals surface area contributed by atoms with Crippen LogP contribution in [0.15, 0.2) is 58.8 Å². The van der Waals surface area contributed by atoms with Crippen LogP contribution in [-0.4, -0.2) is 4.57 Å². The van der Waals surface area contributed by atoms with Crippen molar-refractivity contribution in [3.63, 3.8) is 0 Å². The smallest absolute Gasteiger partial charge is 0.259 e. The molecule has 2 nitrogen and oxygen atoms in total. The molecule has 3 rings (SSSR count). The van der Waals surface area contributed by atoms with Crippen LogP contribution in [0, 0.1) is 0 Å². The van der Waals surface area contributed by atoms with E-state index in [2.05, 4.69) is 24.3 Å². The highest BCUT2D eigenvalue weighted by Crippen LogP contribution is 2.16. The van der Waals surface area contributed by atoms with Crippen molar-refractivity contribution in [1.29, 1.82) is 0 Å². The summed E-state index contributed by atoms with van der Waals surface area (Å²) in [6.45, 7) is 0.803. The van der Waals surface area contributed by atoms with Crippen molar-refractivity contribution in [2.75, 3.05) is 0 Å². The average Bonchev–Trinajstić information content (AvgIpc) is 2.96. The third kappa shape index (κ3) is 2.83. The summed E-state index contributed by atoms with van der Waals surface area (Å²) in [5, 5.41) is 2.83. The van der Waals surface area contributed by atoms with Gasteiger partial charge >= 0.3 is 0 Å². The first-order valence-electron chi connectivity index (χ1n) is 6.95. The zero-order valence-corrected chi connectivity index (χ0v) is 12.1. The molecule has 3 aromatic rings. The van der Waals surface area contributed by atoms with Crippen LogP contribution in [0.4, 0.5) is 0 Å². The first-order valence-corrected chi connectivity index (χ1v) is 7.83. The van der Waals surface area contributed by atoms with E-state index in [1.807, 2.05) is 34.3 Å². The van der Waals surface area contributed by atoms with Gasteiger partial charge in [-0.2, -0.15) is 0 Å². The Labute approximate surface area is 122 Å². The van der Waals surface area contributed by atoms with Crippen molar-refractivity contribution in [2.24, 2.45) is 0 Å². The first kappa shape index (κ1) is 13.1. The van der Waals surface area contributed by atoms with Crippen LogP contribution in [0.3, 0.4) is 0 Å². The van der Waals surface area contributed by atoms with E-state index in [0.717, 1.165) is 35.9 Å². The quantitative estimate of drug-likeness (QED) is 0.647. The summed E-state index contributed by atoms with van der Waals surface area (Å²) in [5.74, 6) is 0. The van der Waals surface area contributed by atoms with Gasteiger partial charge in [-0.15, -0.1) is 11.3 Å². The summed E-state index contributed by atoms with van der Waals surface area (Å²) >= 11 is 1.62. The van der Waals surface area contributed by atoms with E-state index in [9.17, 15) is 4.79 Å². The minimum Gasteiger partial charge on any atom is -0.315 e.